The van der Waals surface area contributed by atoms with Gasteiger partial charge in [-0.1, -0.05) is 49.4 Å². The Kier molecular flexibility index (Phi) is 4.12. The van der Waals surface area contributed by atoms with Crippen LogP contribution in [0.4, 0.5) is 0 Å². The fourth-order valence-electron chi connectivity index (χ4n) is 7.07. The Morgan fingerprint density at radius 3 is 2.38 bits per heavy atom. The summed E-state index contributed by atoms with van der Waals surface area (Å²) in [6, 6.07) is 11.8. The van der Waals surface area contributed by atoms with Gasteiger partial charge in [0.05, 0.1) is 5.56 Å². The summed E-state index contributed by atoms with van der Waals surface area (Å²) in [5, 5.41) is 1.89. The van der Waals surface area contributed by atoms with Crippen LogP contribution in [-0.2, 0) is 14.3 Å². The molecule has 7 unspecified atom stereocenters. The molecule has 2 aromatic rings. The average molecular weight is 429 g/mol. The second-order valence-electron chi connectivity index (χ2n) is 10.6. The van der Waals surface area contributed by atoms with E-state index in [4.69, 9.17) is 4.74 Å². The van der Waals surface area contributed by atoms with E-state index in [2.05, 4.69) is 6.07 Å². The first kappa shape index (κ1) is 19.9. The number of ketones is 2. The van der Waals surface area contributed by atoms with Crippen LogP contribution >= 0.6 is 0 Å². The van der Waals surface area contributed by atoms with E-state index in [0.717, 1.165) is 29.2 Å². The first-order valence-electron chi connectivity index (χ1n) is 11.8. The Bertz CT molecular complexity index is 1210. The fraction of sp³-hybridized carbons (Fsp3) is 0.464. The van der Waals surface area contributed by atoms with Gasteiger partial charge in [0.25, 0.3) is 0 Å². The molecular weight excluding hydrogens is 400 g/mol. The number of esters is 1. The van der Waals surface area contributed by atoms with E-state index in [-0.39, 0.29) is 47.4 Å². The second kappa shape index (κ2) is 6.63. The Balaban J connectivity index is 1.40. The predicted octanol–water partition coefficient (Wildman–Crippen LogP) is 5.10. The van der Waals surface area contributed by atoms with Gasteiger partial charge in [-0.3, -0.25) is 9.59 Å². The van der Waals surface area contributed by atoms with Crippen LogP contribution in [0.1, 0.15) is 55.5 Å². The van der Waals surface area contributed by atoms with Crippen LogP contribution in [0.3, 0.4) is 0 Å². The number of benzene rings is 2. The van der Waals surface area contributed by atoms with Gasteiger partial charge in [0.15, 0.2) is 0 Å². The smallest absolute Gasteiger partial charge is 0.339 e. The minimum atomic E-state index is -0.523. The summed E-state index contributed by atoms with van der Waals surface area (Å²) in [4.78, 5) is 39.0. The molecule has 2 aromatic carbocycles. The molecular formula is C28H28O4. The molecule has 4 aliphatic carbocycles. The van der Waals surface area contributed by atoms with Crippen molar-refractivity contribution in [3.63, 3.8) is 0 Å². The van der Waals surface area contributed by atoms with E-state index in [0.29, 0.717) is 17.1 Å². The Labute approximate surface area is 188 Å². The summed E-state index contributed by atoms with van der Waals surface area (Å²) < 4.78 is 5.78. The summed E-state index contributed by atoms with van der Waals surface area (Å²) in [7, 11) is 0. The van der Waals surface area contributed by atoms with Crippen molar-refractivity contribution in [2.75, 3.05) is 0 Å². The molecule has 0 heterocycles. The van der Waals surface area contributed by atoms with Gasteiger partial charge >= 0.3 is 5.97 Å². The van der Waals surface area contributed by atoms with Crippen molar-refractivity contribution in [3.05, 3.63) is 59.7 Å². The monoisotopic (exact) mass is 428 g/mol. The molecule has 0 N–H and O–H groups in total. The van der Waals surface area contributed by atoms with E-state index < -0.39 is 5.60 Å². The number of rotatable bonds is 4. The molecule has 6 rings (SSSR count). The summed E-state index contributed by atoms with van der Waals surface area (Å²) in [5.74, 6) is 0.624. The molecule has 4 bridgehead atoms. The Hall–Kier alpha value is -2.75. The maximum absolute atomic E-state index is 13.3. The fourth-order valence-corrected chi connectivity index (χ4v) is 7.07. The van der Waals surface area contributed by atoms with E-state index in [9.17, 15) is 14.4 Å². The Morgan fingerprint density at radius 1 is 0.938 bits per heavy atom. The lowest BCUT2D eigenvalue weighted by molar-refractivity contribution is -0.125. The molecule has 0 spiro atoms. The highest BCUT2D eigenvalue weighted by atomic mass is 16.6. The van der Waals surface area contributed by atoms with E-state index in [1.165, 1.54) is 0 Å². The van der Waals surface area contributed by atoms with Gasteiger partial charge < -0.3 is 4.74 Å². The lowest BCUT2D eigenvalue weighted by atomic mass is 9.67. The van der Waals surface area contributed by atoms with Gasteiger partial charge in [-0.15, -0.1) is 0 Å². The minimum absolute atomic E-state index is 0.00680. The van der Waals surface area contributed by atoms with Crippen molar-refractivity contribution in [1.29, 1.82) is 0 Å². The number of fused-ring (bicyclic) bond motifs is 10. The molecule has 0 aromatic heterocycles. The van der Waals surface area contributed by atoms with Crippen molar-refractivity contribution in [1.82, 2.24) is 0 Å². The molecule has 3 saturated carbocycles. The molecule has 164 valence electrons. The van der Waals surface area contributed by atoms with Crippen LogP contribution in [0, 0.1) is 35.5 Å². The zero-order chi connectivity index (χ0) is 22.4. The molecule has 0 amide bonds. The number of hydrogen-bond acceptors (Lipinski definition) is 4. The number of allylic oxidation sites excluding steroid dienone is 2. The molecule has 0 radical (unpaired) electrons. The molecule has 7 atom stereocenters. The standard InChI is InChI=1S/C28H28O4/c1-4-28(2,3)32-27(31)17-10-6-7-14-15(17)8-5-9-16(14)20-13-21-22-18-11-12-19(25(18)29)23(22)24(20)26(21)30/h5-12,18-24H,4,13H2,1-3H3. The first-order valence-corrected chi connectivity index (χ1v) is 11.8. The summed E-state index contributed by atoms with van der Waals surface area (Å²) in [6.07, 6.45) is 5.64. The molecule has 0 aliphatic heterocycles. The van der Waals surface area contributed by atoms with Gasteiger partial charge in [-0.05, 0) is 66.8 Å². The number of Topliss-reactive ketones (excluding diaryl/α,β-unsaturated/α-hetero) is 2. The summed E-state index contributed by atoms with van der Waals surface area (Å²) in [5.41, 5.74) is 1.17. The van der Waals surface area contributed by atoms with Gasteiger partial charge in [-0.25, -0.2) is 4.79 Å². The van der Waals surface area contributed by atoms with Crippen LogP contribution in [0.2, 0.25) is 0 Å². The van der Waals surface area contributed by atoms with E-state index in [1.807, 2.05) is 63.3 Å². The van der Waals surface area contributed by atoms with Crippen molar-refractivity contribution in [2.45, 2.75) is 45.1 Å². The molecule has 3 fully saturated rings. The summed E-state index contributed by atoms with van der Waals surface area (Å²) in [6.45, 7) is 5.84. The van der Waals surface area contributed by atoms with Crippen LogP contribution in [-0.4, -0.2) is 23.1 Å². The number of carbonyl (C=O) groups is 3. The normalized spacial score (nSPS) is 34.5. The Morgan fingerprint density at radius 2 is 1.62 bits per heavy atom. The van der Waals surface area contributed by atoms with Gasteiger partial charge in [-0.2, -0.15) is 0 Å². The van der Waals surface area contributed by atoms with Crippen molar-refractivity contribution >= 4 is 28.3 Å². The highest BCUT2D eigenvalue weighted by molar-refractivity contribution is 6.06. The van der Waals surface area contributed by atoms with Crippen LogP contribution < -0.4 is 0 Å². The van der Waals surface area contributed by atoms with Crippen molar-refractivity contribution in [2.24, 2.45) is 35.5 Å². The van der Waals surface area contributed by atoms with Crippen LogP contribution in [0.15, 0.2) is 48.6 Å². The van der Waals surface area contributed by atoms with Gasteiger partial charge in [0.2, 0.25) is 0 Å². The largest absolute Gasteiger partial charge is 0.456 e. The lowest BCUT2D eigenvalue weighted by Gasteiger charge is -2.35. The lowest BCUT2D eigenvalue weighted by Crippen LogP contribution is -2.30. The first-order chi connectivity index (χ1) is 15.3. The average Bonchev–Trinajstić information content (AvgIpc) is 3.48. The van der Waals surface area contributed by atoms with Crippen LogP contribution in [0.5, 0.6) is 0 Å². The summed E-state index contributed by atoms with van der Waals surface area (Å²) >= 11 is 0. The molecule has 0 saturated heterocycles. The minimum Gasteiger partial charge on any atom is -0.456 e. The number of carbonyl (C=O) groups excluding carboxylic acids is 3. The maximum Gasteiger partial charge on any atom is 0.339 e. The predicted molar refractivity (Wildman–Crippen MR) is 121 cm³/mol. The zero-order valence-corrected chi connectivity index (χ0v) is 18.7. The van der Waals surface area contributed by atoms with E-state index in [1.54, 1.807) is 0 Å². The molecule has 4 aliphatic rings. The third-order valence-corrected chi connectivity index (χ3v) is 8.77. The van der Waals surface area contributed by atoms with Gasteiger partial charge in [0, 0.05) is 23.7 Å². The molecule has 4 heteroatoms. The zero-order valence-electron chi connectivity index (χ0n) is 18.7. The third kappa shape index (κ3) is 2.52. The molecule has 4 nitrogen and oxygen atoms in total. The van der Waals surface area contributed by atoms with E-state index >= 15 is 0 Å². The topological polar surface area (TPSA) is 60.4 Å². The highest BCUT2D eigenvalue weighted by Gasteiger charge is 2.68. The van der Waals surface area contributed by atoms with Crippen molar-refractivity contribution < 1.29 is 19.1 Å². The van der Waals surface area contributed by atoms with Gasteiger partial charge in [0.1, 0.15) is 17.2 Å². The molecule has 32 heavy (non-hydrogen) atoms. The third-order valence-electron chi connectivity index (χ3n) is 8.77. The highest BCUT2D eigenvalue weighted by Crippen LogP contribution is 2.66. The quantitative estimate of drug-likeness (QED) is 0.386. The van der Waals surface area contributed by atoms with Crippen molar-refractivity contribution in [3.8, 4) is 0 Å². The number of hydrogen-bond donors (Lipinski definition) is 0. The van der Waals surface area contributed by atoms with Crippen LogP contribution in [0.25, 0.3) is 10.8 Å². The maximum atomic E-state index is 13.3. The SMILES string of the molecule is CCC(C)(C)OC(=O)c1cccc2c(C3CC4C(=O)C3C3C5C=CC(C5=O)C43)cccc12. The second-order valence-corrected chi connectivity index (χ2v) is 10.6. The number of ether oxygens (including phenoxy) is 1.